The molecule has 0 spiro atoms. The molecule has 0 saturated carbocycles. The van der Waals surface area contributed by atoms with Gasteiger partial charge in [0.25, 0.3) is 0 Å². The minimum atomic E-state index is -0.172. The number of hydrogen-bond donors (Lipinski definition) is 0. The third-order valence-electron chi connectivity index (χ3n) is 3.74. The molecule has 4 nitrogen and oxygen atoms in total. The largest absolute Gasteiger partial charge is 0.491 e. The zero-order valence-corrected chi connectivity index (χ0v) is 15.5. The van der Waals surface area contributed by atoms with E-state index in [0.717, 1.165) is 33.9 Å². The minimum Gasteiger partial charge on any atom is -0.491 e. The molecule has 3 aromatic rings. The molecule has 0 aliphatic heterocycles. The Bertz CT molecular complexity index is 867. The molecule has 5 heteroatoms. The molecule has 0 fully saturated rings. The van der Waals surface area contributed by atoms with E-state index in [-0.39, 0.29) is 11.5 Å². The number of hydrogen-bond acceptors (Lipinski definition) is 4. The van der Waals surface area contributed by atoms with Gasteiger partial charge in [-0.15, -0.1) is 11.3 Å². The Morgan fingerprint density at radius 2 is 1.88 bits per heavy atom. The standard InChI is InChI=1S/C19H22N2O2S/c1-12(2)23-14-8-6-13(7-9-14)16-11-24-18-20-17(19(3,4)5)15(10-22)21(16)18/h6-12H,1-5H3. The first kappa shape index (κ1) is 16.7. The lowest BCUT2D eigenvalue weighted by Gasteiger charge is -2.16. The summed E-state index contributed by atoms with van der Waals surface area (Å²) in [4.78, 5) is 17.3. The lowest BCUT2D eigenvalue weighted by atomic mass is 9.91. The van der Waals surface area contributed by atoms with Crippen molar-refractivity contribution in [2.45, 2.75) is 46.1 Å². The minimum absolute atomic E-state index is 0.147. The Labute approximate surface area is 146 Å². The summed E-state index contributed by atoms with van der Waals surface area (Å²) >= 11 is 1.55. The molecule has 2 heterocycles. The van der Waals surface area contributed by atoms with Crippen LogP contribution in [0.4, 0.5) is 0 Å². The van der Waals surface area contributed by atoms with E-state index in [1.54, 1.807) is 11.3 Å². The number of fused-ring (bicyclic) bond motifs is 1. The van der Waals surface area contributed by atoms with Gasteiger partial charge in [0.15, 0.2) is 11.2 Å². The molecule has 0 atom stereocenters. The van der Waals surface area contributed by atoms with Crippen molar-refractivity contribution in [3.05, 3.63) is 41.0 Å². The van der Waals surface area contributed by atoms with Crippen LogP contribution in [0, 0.1) is 0 Å². The van der Waals surface area contributed by atoms with Crippen molar-refractivity contribution in [3.63, 3.8) is 0 Å². The number of carbonyl (C=O) groups excluding carboxylic acids is 1. The number of benzene rings is 1. The van der Waals surface area contributed by atoms with Crippen LogP contribution in [-0.2, 0) is 5.41 Å². The molecule has 126 valence electrons. The van der Waals surface area contributed by atoms with E-state index in [2.05, 4.69) is 25.8 Å². The molecule has 0 radical (unpaired) electrons. The maximum Gasteiger partial charge on any atom is 0.195 e. The van der Waals surface area contributed by atoms with Crippen molar-refractivity contribution >= 4 is 22.6 Å². The first-order valence-electron chi connectivity index (χ1n) is 8.04. The summed E-state index contributed by atoms with van der Waals surface area (Å²) in [6.45, 7) is 10.2. The number of carbonyl (C=O) groups is 1. The van der Waals surface area contributed by atoms with Crippen LogP contribution in [-0.4, -0.2) is 21.8 Å². The fraction of sp³-hybridized carbons (Fsp3) is 0.368. The third kappa shape index (κ3) is 2.96. The highest BCUT2D eigenvalue weighted by atomic mass is 32.1. The number of aromatic nitrogens is 2. The predicted octanol–water partition coefficient (Wildman–Crippen LogP) is 4.96. The van der Waals surface area contributed by atoms with Gasteiger partial charge in [-0.05, 0) is 43.7 Å². The van der Waals surface area contributed by atoms with Gasteiger partial charge in [0.05, 0.1) is 17.5 Å². The van der Waals surface area contributed by atoms with Gasteiger partial charge in [-0.25, -0.2) is 4.98 Å². The first-order chi connectivity index (χ1) is 11.3. The molecule has 24 heavy (non-hydrogen) atoms. The highest BCUT2D eigenvalue weighted by molar-refractivity contribution is 7.15. The Morgan fingerprint density at radius 1 is 1.21 bits per heavy atom. The van der Waals surface area contributed by atoms with E-state index in [0.29, 0.717) is 5.69 Å². The summed E-state index contributed by atoms with van der Waals surface area (Å²) in [6.07, 6.45) is 1.06. The van der Waals surface area contributed by atoms with E-state index in [9.17, 15) is 4.79 Å². The zero-order chi connectivity index (χ0) is 17.5. The van der Waals surface area contributed by atoms with Gasteiger partial charge in [-0.1, -0.05) is 20.8 Å². The third-order valence-corrected chi connectivity index (χ3v) is 4.57. The number of imidazole rings is 1. The topological polar surface area (TPSA) is 43.6 Å². The van der Waals surface area contributed by atoms with Gasteiger partial charge in [-0.2, -0.15) is 0 Å². The molecular weight excluding hydrogens is 320 g/mol. The zero-order valence-electron chi connectivity index (χ0n) is 14.7. The van der Waals surface area contributed by atoms with Gasteiger partial charge < -0.3 is 4.74 Å². The maximum absolute atomic E-state index is 11.7. The number of thiazole rings is 1. The van der Waals surface area contributed by atoms with Crippen LogP contribution in [0.15, 0.2) is 29.6 Å². The Morgan fingerprint density at radius 3 is 2.42 bits per heavy atom. The molecule has 2 aromatic heterocycles. The van der Waals surface area contributed by atoms with E-state index >= 15 is 0 Å². The second-order valence-electron chi connectivity index (χ2n) is 7.14. The second-order valence-corrected chi connectivity index (χ2v) is 7.98. The molecule has 0 aliphatic carbocycles. The molecule has 3 rings (SSSR count). The SMILES string of the molecule is CC(C)Oc1ccc(-c2csc3nc(C(C)(C)C)c(C=O)n23)cc1. The van der Waals surface area contributed by atoms with Crippen LogP contribution >= 0.6 is 11.3 Å². The van der Waals surface area contributed by atoms with Crippen molar-refractivity contribution in [1.29, 1.82) is 0 Å². The number of ether oxygens (including phenoxy) is 1. The number of nitrogens with zero attached hydrogens (tertiary/aromatic N) is 2. The van der Waals surface area contributed by atoms with Crippen molar-refractivity contribution < 1.29 is 9.53 Å². The average Bonchev–Trinajstić information content (AvgIpc) is 3.05. The van der Waals surface area contributed by atoms with E-state index < -0.39 is 0 Å². The average molecular weight is 342 g/mol. The molecule has 1 aromatic carbocycles. The molecule has 0 saturated heterocycles. The normalized spacial score (nSPS) is 12.1. The maximum atomic E-state index is 11.7. The van der Waals surface area contributed by atoms with Gasteiger partial charge >= 0.3 is 0 Å². The van der Waals surface area contributed by atoms with Gasteiger partial charge in [0, 0.05) is 10.8 Å². The number of aldehydes is 1. The molecular formula is C19H22N2O2S. The lowest BCUT2D eigenvalue weighted by Crippen LogP contribution is -2.14. The van der Waals surface area contributed by atoms with Crippen LogP contribution < -0.4 is 4.74 Å². The predicted molar refractivity (Wildman–Crippen MR) is 98.4 cm³/mol. The molecule has 0 N–H and O–H groups in total. The van der Waals surface area contributed by atoms with Crippen LogP contribution in [0.3, 0.4) is 0 Å². The molecule has 0 aliphatic rings. The van der Waals surface area contributed by atoms with Crippen molar-refractivity contribution in [3.8, 4) is 17.0 Å². The second kappa shape index (κ2) is 6.06. The highest BCUT2D eigenvalue weighted by Crippen LogP contribution is 2.33. The summed E-state index contributed by atoms with van der Waals surface area (Å²) in [5.41, 5.74) is 3.32. The first-order valence-corrected chi connectivity index (χ1v) is 8.92. The number of rotatable bonds is 4. The van der Waals surface area contributed by atoms with Crippen molar-refractivity contribution in [1.82, 2.24) is 9.38 Å². The van der Waals surface area contributed by atoms with Gasteiger partial charge in [0.1, 0.15) is 11.4 Å². The van der Waals surface area contributed by atoms with Gasteiger partial charge in [0.2, 0.25) is 0 Å². The fourth-order valence-corrected chi connectivity index (χ4v) is 3.62. The monoisotopic (exact) mass is 342 g/mol. The van der Waals surface area contributed by atoms with Crippen molar-refractivity contribution in [2.24, 2.45) is 0 Å². The summed E-state index contributed by atoms with van der Waals surface area (Å²) in [5.74, 6) is 0.844. The van der Waals surface area contributed by atoms with Crippen LogP contribution in [0.25, 0.3) is 16.2 Å². The van der Waals surface area contributed by atoms with E-state index in [1.807, 2.05) is 47.9 Å². The molecule has 0 unspecified atom stereocenters. The highest BCUT2D eigenvalue weighted by Gasteiger charge is 2.25. The van der Waals surface area contributed by atoms with Crippen LogP contribution in [0.2, 0.25) is 0 Å². The Kier molecular flexibility index (Phi) is 4.22. The Balaban J connectivity index is 2.10. The van der Waals surface area contributed by atoms with E-state index in [4.69, 9.17) is 4.74 Å². The Hall–Kier alpha value is -2.14. The van der Waals surface area contributed by atoms with E-state index in [1.165, 1.54) is 0 Å². The smallest absolute Gasteiger partial charge is 0.195 e. The lowest BCUT2D eigenvalue weighted by molar-refractivity contribution is 0.111. The quantitative estimate of drug-likeness (QED) is 0.629. The summed E-state index contributed by atoms with van der Waals surface area (Å²) in [6, 6.07) is 7.96. The summed E-state index contributed by atoms with van der Waals surface area (Å²) in [5, 5.41) is 2.04. The van der Waals surface area contributed by atoms with Gasteiger partial charge in [-0.3, -0.25) is 9.20 Å². The fourth-order valence-electron chi connectivity index (χ4n) is 2.72. The van der Waals surface area contributed by atoms with Crippen LogP contribution in [0.5, 0.6) is 5.75 Å². The van der Waals surface area contributed by atoms with Crippen LogP contribution in [0.1, 0.15) is 50.8 Å². The summed E-state index contributed by atoms with van der Waals surface area (Å²) < 4.78 is 7.65. The molecule has 0 amide bonds. The molecule has 0 bridgehead atoms. The summed E-state index contributed by atoms with van der Waals surface area (Å²) in [7, 11) is 0. The van der Waals surface area contributed by atoms with Crippen molar-refractivity contribution in [2.75, 3.05) is 0 Å².